The molecular weight excluding hydrogens is 400 g/mol. The number of amides is 2. The van der Waals surface area contributed by atoms with Crippen molar-refractivity contribution < 1.29 is 9.59 Å². The van der Waals surface area contributed by atoms with Crippen molar-refractivity contribution in [1.29, 1.82) is 0 Å². The van der Waals surface area contributed by atoms with Gasteiger partial charge >= 0.3 is 0 Å². The van der Waals surface area contributed by atoms with Gasteiger partial charge in [0.1, 0.15) is 6.17 Å². The second-order valence-electron chi connectivity index (χ2n) is 9.97. The summed E-state index contributed by atoms with van der Waals surface area (Å²) in [6.07, 6.45) is 11.3. The molecule has 5 rings (SSSR count). The van der Waals surface area contributed by atoms with Crippen molar-refractivity contribution in [2.45, 2.75) is 76.9 Å². The third-order valence-electron chi connectivity index (χ3n) is 8.16. The van der Waals surface area contributed by atoms with Crippen LogP contribution in [0, 0.1) is 0 Å². The molecule has 3 aliphatic heterocycles. The number of hydrogen-bond acceptors (Lipinski definition) is 4. The molecule has 4 aliphatic rings. The number of nitrogens with zero attached hydrogens (tertiary/aromatic N) is 4. The average molecular weight is 439 g/mol. The number of carbonyl (C=O) groups is 2. The van der Waals surface area contributed by atoms with Gasteiger partial charge in [-0.3, -0.25) is 14.5 Å². The summed E-state index contributed by atoms with van der Waals surface area (Å²) >= 11 is 0. The fraction of sp³-hybridized carbons (Fsp3) is 0.692. The first-order valence-electron chi connectivity index (χ1n) is 12.9. The van der Waals surface area contributed by atoms with Crippen molar-refractivity contribution in [2.75, 3.05) is 44.2 Å². The van der Waals surface area contributed by atoms with Crippen molar-refractivity contribution in [3.05, 3.63) is 29.3 Å². The molecule has 174 valence electrons. The number of fused-ring (bicyclic) bond motifs is 2. The standard InChI is InChI=1S/C26H38N4O2/c1-2-29-23-19-20(12-13-22(23)26(32)30-14-8-4-7-11-24(29)30)25(31)28-17-15-27(16-18-28)21-9-5-3-6-10-21/h12-13,19,21,24H,2-11,14-18H2,1H3. The monoisotopic (exact) mass is 438 g/mol. The van der Waals surface area contributed by atoms with Crippen LogP contribution in [-0.2, 0) is 0 Å². The Labute approximate surface area is 192 Å². The second kappa shape index (κ2) is 9.42. The molecule has 0 N–H and O–H groups in total. The highest BCUT2D eigenvalue weighted by molar-refractivity contribution is 6.04. The zero-order valence-electron chi connectivity index (χ0n) is 19.6. The van der Waals surface area contributed by atoms with Crippen molar-refractivity contribution in [3.8, 4) is 0 Å². The Balaban J connectivity index is 1.32. The highest BCUT2D eigenvalue weighted by atomic mass is 16.2. The van der Waals surface area contributed by atoms with Crippen molar-refractivity contribution in [1.82, 2.24) is 14.7 Å². The SMILES string of the molecule is CCN1c2cc(C(=O)N3CCN(C4CCCCC4)CC3)ccc2C(=O)N2CCCCCC21. The van der Waals surface area contributed by atoms with Gasteiger partial charge < -0.3 is 14.7 Å². The van der Waals surface area contributed by atoms with Crippen LogP contribution in [0.5, 0.6) is 0 Å². The van der Waals surface area contributed by atoms with E-state index < -0.39 is 0 Å². The average Bonchev–Trinajstić information content (AvgIpc) is 3.11. The summed E-state index contributed by atoms with van der Waals surface area (Å²) in [6.45, 7) is 7.42. The molecule has 0 bridgehead atoms. The van der Waals surface area contributed by atoms with E-state index in [0.717, 1.165) is 81.4 Å². The summed E-state index contributed by atoms with van der Waals surface area (Å²) in [5, 5.41) is 0. The Kier molecular flexibility index (Phi) is 6.40. The number of hydrogen-bond donors (Lipinski definition) is 0. The Morgan fingerprint density at radius 3 is 2.38 bits per heavy atom. The lowest BCUT2D eigenvalue weighted by atomic mass is 9.94. The van der Waals surface area contributed by atoms with Crippen molar-refractivity contribution in [2.24, 2.45) is 0 Å². The van der Waals surface area contributed by atoms with Gasteiger partial charge in [-0.05, 0) is 57.2 Å². The van der Waals surface area contributed by atoms with Crippen molar-refractivity contribution in [3.63, 3.8) is 0 Å². The van der Waals surface area contributed by atoms with Gasteiger partial charge in [-0.2, -0.15) is 0 Å². The topological polar surface area (TPSA) is 47.1 Å². The third-order valence-corrected chi connectivity index (χ3v) is 8.16. The van der Waals surface area contributed by atoms with Gasteiger partial charge in [0.2, 0.25) is 0 Å². The van der Waals surface area contributed by atoms with Crippen LogP contribution in [0.1, 0.15) is 85.4 Å². The van der Waals surface area contributed by atoms with E-state index in [4.69, 9.17) is 0 Å². The van der Waals surface area contributed by atoms with E-state index in [1.165, 1.54) is 38.5 Å². The van der Waals surface area contributed by atoms with Crippen LogP contribution in [0.3, 0.4) is 0 Å². The zero-order chi connectivity index (χ0) is 22.1. The molecule has 6 nitrogen and oxygen atoms in total. The molecule has 1 aromatic rings. The maximum absolute atomic E-state index is 13.4. The van der Waals surface area contributed by atoms with Crippen LogP contribution in [0.25, 0.3) is 0 Å². The van der Waals surface area contributed by atoms with Gasteiger partial charge in [-0.25, -0.2) is 0 Å². The summed E-state index contributed by atoms with van der Waals surface area (Å²) < 4.78 is 0. The maximum atomic E-state index is 13.4. The lowest BCUT2D eigenvalue weighted by Gasteiger charge is -2.45. The molecule has 0 spiro atoms. The van der Waals surface area contributed by atoms with Gasteiger partial charge in [-0.1, -0.05) is 25.7 Å². The van der Waals surface area contributed by atoms with Crippen LogP contribution in [0.4, 0.5) is 5.69 Å². The van der Waals surface area contributed by atoms with E-state index >= 15 is 0 Å². The zero-order valence-corrected chi connectivity index (χ0v) is 19.6. The lowest BCUT2D eigenvalue weighted by Crippen LogP contribution is -2.55. The normalized spacial score (nSPS) is 25.3. The predicted octanol–water partition coefficient (Wildman–Crippen LogP) is 3.96. The van der Waals surface area contributed by atoms with E-state index in [1.54, 1.807) is 0 Å². The molecular formula is C26H38N4O2. The summed E-state index contributed by atoms with van der Waals surface area (Å²) in [5.41, 5.74) is 2.43. The highest BCUT2D eigenvalue weighted by Crippen LogP contribution is 2.35. The van der Waals surface area contributed by atoms with E-state index in [9.17, 15) is 9.59 Å². The maximum Gasteiger partial charge on any atom is 0.257 e. The predicted molar refractivity (Wildman–Crippen MR) is 127 cm³/mol. The number of rotatable bonds is 3. The van der Waals surface area contributed by atoms with Gasteiger partial charge in [0.15, 0.2) is 0 Å². The van der Waals surface area contributed by atoms with Crippen LogP contribution >= 0.6 is 0 Å². The molecule has 2 saturated heterocycles. The molecule has 6 heteroatoms. The summed E-state index contributed by atoms with van der Waals surface area (Å²) in [5.74, 6) is 0.250. The molecule has 0 radical (unpaired) electrons. The Morgan fingerprint density at radius 1 is 0.906 bits per heavy atom. The first kappa shape index (κ1) is 21.7. The molecule has 1 aliphatic carbocycles. The number of carbonyl (C=O) groups excluding carboxylic acids is 2. The molecule has 1 aromatic carbocycles. The van der Waals surface area contributed by atoms with E-state index in [0.29, 0.717) is 0 Å². The van der Waals surface area contributed by atoms with Gasteiger partial charge in [-0.15, -0.1) is 0 Å². The molecule has 3 heterocycles. The van der Waals surface area contributed by atoms with Crippen LogP contribution < -0.4 is 4.90 Å². The number of anilines is 1. The van der Waals surface area contributed by atoms with E-state index in [2.05, 4.69) is 21.6 Å². The van der Waals surface area contributed by atoms with E-state index in [1.807, 2.05) is 23.1 Å². The second-order valence-corrected chi connectivity index (χ2v) is 9.97. The Hall–Kier alpha value is -2.08. The van der Waals surface area contributed by atoms with Crippen LogP contribution in [0.2, 0.25) is 0 Å². The fourth-order valence-electron chi connectivity index (χ4n) is 6.35. The molecule has 2 amide bonds. The van der Waals surface area contributed by atoms with Gasteiger partial charge in [0.25, 0.3) is 11.8 Å². The minimum atomic E-state index is 0.114. The highest BCUT2D eigenvalue weighted by Gasteiger charge is 2.38. The largest absolute Gasteiger partial charge is 0.351 e. The minimum absolute atomic E-state index is 0.114. The number of benzene rings is 1. The molecule has 1 unspecified atom stereocenters. The smallest absolute Gasteiger partial charge is 0.257 e. The first-order chi connectivity index (χ1) is 15.7. The fourth-order valence-corrected chi connectivity index (χ4v) is 6.35. The van der Waals surface area contributed by atoms with E-state index in [-0.39, 0.29) is 18.0 Å². The summed E-state index contributed by atoms with van der Waals surface area (Å²) in [4.78, 5) is 35.6. The molecule has 1 saturated carbocycles. The van der Waals surface area contributed by atoms with Crippen molar-refractivity contribution >= 4 is 17.5 Å². The van der Waals surface area contributed by atoms with Crippen LogP contribution in [-0.4, -0.2) is 78.0 Å². The first-order valence-corrected chi connectivity index (χ1v) is 12.9. The molecule has 1 atom stereocenters. The Morgan fingerprint density at radius 2 is 1.62 bits per heavy atom. The molecule has 32 heavy (non-hydrogen) atoms. The van der Waals surface area contributed by atoms with Crippen LogP contribution in [0.15, 0.2) is 18.2 Å². The van der Waals surface area contributed by atoms with Gasteiger partial charge in [0, 0.05) is 50.9 Å². The number of piperazine rings is 1. The Bertz CT molecular complexity index is 842. The summed E-state index contributed by atoms with van der Waals surface area (Å²) in [6, 6.07) is 6.48. The summed E-state index contributed by atoms with van der Waals surface area (Å²) in [7, 11) is 0. The quantitative estimate of drug-likeness (QED) is 0.717. The molecule has 3 fully saturated rings. The third kappa shape index (κ3) is 4.02. The molecule has 0 aromatic heterocycles. The van der Waals surface area contributed by atoms with Gasteiger partial charge in [0.05, 0.1) is 11.3 Å². The minimum Gasteiger partial charge on any atom is -0.351 e. The lowest BCUT2D eigenvalue weighted by molar-refractivity contribution is 0.0522.